The Hall–Kier alpha value is -0.650. The topological polar surface area (TPSA) is 59.6 Å². The molecule has 1 amide bonds. The maximum absolute atomic E-state index is 11.4. The summed E-state index contributed by atoms with van der Waals surface area (Å²) in [7, 11) is 1.85. The van der Waals surface area contributed by atoms with E-state index in [1.54, 1.807) is 0 Å². The van der Waals surface area contributed by atoms with Crippen LogP contribution in [-0.4, -0.2) is 52.0 Å². The van der Waals surface area contributed by atoms with Gasteiger partial charge >= 0.3 is 0 Å². The molecule has 0 radical (unpaired) electrons. The molecule has 0 aromatic heterocycles. The first-order valence-corrected chi connectivity index (χ1v) is 5.42. The Morgan fingerprint density at radius 2 is 2.20 bits per heavy atom. The van der Waals surface area contributed by atoms with Crippen molar-refractivity contribution in [3.63, 3.8) is 0 Å². The van der Waals surface area contributed by atoms with Crippen LogP contribution in [0.5, 0.6) is 0 Å². The van der Waals surface area contributed by atoms with Crippen LogP contribution in [0.3, 0.4) is 0 Å². The molecular weight excluding hydrogens is 196 g/mol. The molecule has 5 heteroatoms. The molecule has 0 aliphatic carbocycles. The van der Waals surface area contributed by atoms with Crippen molar-refractivity contribution in [1.82, 2.24) is 10.6 Å². The number of ether oxygens (including phenoxy) is 2. The van der Waals surface area contributed by atoms with Gasteiger partial charge in [0, 0.05) is 25.8 Å². The molecule has 0 atom stereocenters. The SMILES string of the molecule is CNCCOCC(=O)NC1CCOCC1. The van der Waals surface area contributed by atoms with E-state index in [1.807, 2.05) is 7.05 Å². The highest BCUT2D eigenvalue weighted by Gasteiger charge is 2.15. The van der Waals surface area contributed by atoms with Gasteiger partial charge in [-0.3, -0.25) is 4.79 Å². The summed E-state index contributed by atoms with van der Waals surface area (Å²) in [6.07, 6.45) is 1.81. The van der Waals surface area contributed by atoms with E-state index in [9.17, 15) is 4.79 Å². The number of hydrogen-bond acceptors (Lipinski definition) is 4. The van der Waals surface area contributed by atoms with Crippen molar-refractivity contribution >= 4 is 5.91 Å². The third-order valence-electron chi connectivity index (χ3n) is 2.32. The molecule has 0 unspecified atom stereocenters. The van der Waals surface area contributed by atoms with Crippen LogP contribution in [0.1, 0.15) is 12.8 Å². The zero-order valence-electron chi connectivity index (χ0n) is 9.25. The summed E-state index contributed by atoms with van der Waals surface area (Å²) < 4.78 is 10.4. The highest BCUT2D eigenvalue weighted by molar-refractivity contribution is 5.77. The van der Waals surface area contributed by atoms with E-state index in [0.717, 1.165) is 32.6 Å². The van der Waals surface area contributed by atoms with Crippen molar-refractivity contribution in [2.45, 2.75) is 18.9 Å². The Morgan fingerprint density at radius 3 is 2.87 bits per heavy atom. The molecule has 0 aromatic carbocycles. The molecule has 15 heavy (non-hydrogen) atoms. The molecule has 1 aliphatic rings. The zero-order chi connectivity index (χ0) is 10.9. The molecule has 1 rings (SSSR count). The fourth-order valence-corrected chi connectivity index (χ4v) is 1.45. The fourth-order valence-electron chi connectivity index (χ4n) is 1.45. The molecule has 88 valence electrons. The average molecular weight is 216 g/mol. The average Bonchev–Trinajstić information content (AvgIpc) is 2.26. The van der Waals surface area contributed by atoms with Crippen molar-refractivity contribution in [2.24, 2.45) is 0 Å². The largest absolute Gasteiger partial charge is 0.381 e. The minimum atomic E-state index is -0.0296. The van der Waals surface area contributed by atoms with Gasteiger partial charge in [-0.25, -0.2) is 0 Å². The summed E-state index contributed by atoms with van der Waals surface area (Å²) in [5, 5.41) is 5.88. The third kappa shape index (κ3) is 5.71. The third-order valence-corrected chi connectivity index (χ3v) is 2.32. The van der Waals surface area contributed by atoms with Crippen LogP contribution >= 0.6 is 0 Å². The minimum Gasteiger partial charge on any atom is -0.381 e. The summed E-state index contributed by atoms with van der Waals surface area (Å²) in [5.74, 6) is -0.0296. The second-order valence-electron chi connectivity index (χ2n) is 3.61. The van der Waals surface area contributed by atoms with Crippen LogP contribution < -0.4 is 10.6 Å². The molecule has 2 N–H and O–H groups in total. The molecule has 1 heterocycles. The number of likely N-dealkylation sites (N-methyl/N-ethyl adjacent to an activating group) is 1. The Labute approximate surface area is 90.5 Å². The second kappa shape index (κ2) is 7.62. The number of rotatable bonds is 6. The van der Waals surface area contributed by atoms with Gasteiger partial charge in [-0.05, 0) is 19.9 Å². The Kier molecular flexibility index (Phi) is 6.31. The highest BCUT2D eigenvalue weighted by atomic mass is 16.5. The van der Waals surface area contributed by atoms with Crippen LogP contribution in [0.25, 0.3) is 0 Å². The standard InChI is InChI=1S/C10H20N2O3/c1-11-4-7-15-8-10(13)12-9-2-5-14-6-3-9/h9,11H,2-8H2,1H3,(H,12,13). The summed E-state index contributed by atoms with van der Waals surface area (Å²) in [5.41, 5.74) is 0. The molecule has 1 fully saturated rings. The van der Waals surface area contributed by atoms with Crippen LogP contribution in [0.4, 0.5) is 0 Å². The number of carbonyl (C=O) groups is 1. The molecule has 0 saturated carbocycles. The van der Waals surface area contributed by atoms with Crippen molar-refractivity contribution in [3.8, 4) is 0 Å². The normalized spacial score (nSPS) is 17.7. The van der Waals surface area contributed by atoms with E-state index < -0.39 is 0 Å². The van der Waals surface area contributed by atoms with Gasteiger partial charge in [0.05, 0.1) is 6.61 Å². The van der Waals surface area contributed by atoms with Gasteiger partial charge in [0.2, 0.25) is 5.91 Å². The number of nitrogens with one attached hydrogen (secondary N) is 2. The Balaban J connectivity index is 2.01. The predicted molar refractivity (Wildman–Crippen MR) is 56.7 cm³/mol. The van der Waals surface area contributed by atoms with Crippen molar-refractivity contribution < 1.29 is 14.3 Å². The molecule has 0 spiro atoms. The first-order valence-electron chi connectivity index (χ1n) is 5.42. The lowest BCUT2D eigenvalue weighted by molar-refractivity contribution is -0.126. The van der Waals surface area contributed by atoms with Crippen LogP contribution in [0.2, 0.25) is 0 Å². The molecule has 5 nitrogen and oxygen atoms in total. The van der Waals surface area contributed by atoms with E-state index in [-0.39, 0.29) is 18.6 Å². The van der Waals surface area contributed by atoms with Gasteiger partial charge in [0.25, 0.3) is 0 Å². The Morgan fingerprint density at radius 1 is 1.47 bits per heavy atom. The minimum absolute atomic E-state index is 0.0296. The molecule has 0 aromatic rings. The molecular formula is C10H20N2O3. The number of hydrogen-bond donors (Lipinski definition) is 2. The van der Waals surface area contributed by atoms with Gasteiger partial charge in [-0.2, -0.15) is 0 Å². The summed E-state index contributed by atoms with van der Waals surface area (Å²) in [6, 6.07) is 0.263. The molecule has 1 aliphatic heterocycles. The van der Waals surface area contributed by atoms with E-state index in [4.69, 9.17) is 9.47 Å². The van der Waals surface area contributed by atoms with E-state index in [0.29, 0.717) is 6.61 Å². The van der Waals surface area contributed by atoms with Crippen LogP contribution in [0, 0.1) is 0 Å². The summed E-state index contributed by atoms with van der Waals surface area (Å²) in [4.78, 5) is 11.4. The van der Waals surface area contributed by atoms with Gasteiger partial charge in [-0.1, -0.05) is 0 Å². The van der Waals surface area contributed by atoms with Gasteiger partial charge in [-0.15, -0.1) is 0 Å². The maximum atomic E-state index is 11.4. The summed E-state index contributed by atoms with van der Waals surface area (Å²) in [6.45, 7) is 2.97. The lowest BCUT2D eigenvalue weighted by Crippen LogP contribution is -2.40. The number of amides is 1. The quantitative estimate of drug-likeness (QED) is 0.589. The predicted octanol–water partition coefficient (Wildman–Crippen LogP) is -0.482. The van der Waals surface area contributed by atoms with Crippen LogP contribution in [0.15, 0.2) is 0 Å². The Bertz CT molecular complexity index is 182. The van der Waals surface area contributed by atoms with Gasteiger partial charge in [0.15, 0.2) is 0 Å². The van der Waals surface area contributed by atoms with Crippen molar-refractivity contribution in [1.29, 1.82) is 0 Å². The lowest BCUT2D eigenvalue weighted by atomic mass is 10.1. The lowest BCUT2D eigenvalue weighted by Gasteiger charge is -2.23. The van der Waals surface area contributed by atoms with Crippen molar-refractivity contribution in [2.75, 3.05) is 40.0 Å². The van der Waals surface area contributed by atoms with E-state index >= 15 is 0 Å². The zero-order valence-corrected chi connectivity index (χ0v) is 9.25. The summed E-state index contributed by atoms with van der Waals surface area (Å²) >= 11 is 0. The highest BCUT2D eigenvalue weighted by Crippen LogP contribution is 2.05. The van der Waals surface area contributed by atoms with E-state index in [1.165, 1.54) is 0 Å². The molecule has 0 bridgehead atoms. The maximum Gasteiger partial charge on any atom is 0.246 e. The second-order valence-corrected chi connectivity index (χ2v) is 3.61. The first-order chi connectivity index (χ1) is 7.33. The smallest absolute Gasteiger partial charge is 0.246 e. The van der Waals surface area contributed by atoms with Gasteiger partial charge < -0.3 is 20.1 Å². The first kappa shape index (κ1) is 12.4. The van der Waals surface area contributed by atoms with Gasteiger partial charge in [0.1, 0.15) is 6.61 Å². The van der Waals surface area contributed by atoms with Crippen molar-refractivity contribution in [3.05, 3.63) is 0 Å². The monoisotopic (exact) mass is 216 g/mol. The van der Waals surface area contributed by atoms with Crippen LogP contribution in [-0.2, 0) is 14.3 Å². The molecule has 1 saturated heterocycles. The number of carbonyl (C=O) groups excluding carboxylic acids is 1. The van der Waals surface area contributed by atoms with E-state index in [2.05, 4.69) is 10.6 Å². The fraction of sp³-hybridized carbons (Fsp3) is 0.900.